The van der Waals surface area contributed by atoms with Crippen LogP contribution in [0.3, 0.4) is 0 Å². The number of carbonyl (C=O) groups excluding carboxylic acids is 2. The van der Waals surface area contributed by atoms with Gasteiger partial charge < -0.3 is 18.2 Å². The summed E-state index contributed by atoms with van der Waals surface area (Å²) in [5.41, 5.74) is 1.78. The summed E-state index contributed by atoms with van der Waals surface area (Å²) in [5, 5.41) is 10.4. The molecule has 1 amide bonds. The van der Waals surface area contributed by atoms with E-state index in [1.54, 1.807) is 32.0 Å². The maximum absolute atomic E-state index is 12.8. The number of nitrogens with zero attached hydrogens (tertiary/aromatic N) is 3. The van der Waals surface area contributed by atoms with Crippen molar-refractivity contribution in [1.29, 1.82) is 0 Å². The molecule has 0 bridgehead atoms. The smallest absolute Gasteiger partial charge is 0.339 e. The first-order chi connectivity index (χ1) is 13.9. The van der Waals surface area contributed by atoms with Gasteiger partial charge in [-0.2, -0.15) is 0 Å². The average Bonchev–Trinajstić information content (AvgIpc) is 3.43. The Balaban J connectivity index is 1.60. The normalized spacial score (nSPS) is 12.1. The summed E-state index contributed by atoms with van der Waals surface area (Å²) >= 11 is 0. The number of anilines is 1. The zero-order valence-electron chi connectivity index (χ0n) is 15.8. The summed E-state index contributed by atoms with van der Waals surface area (Å²) in [6, 6.07) is 6.46. The van der Waals surface area contributed by atoms with Crippen LogP contribution in [0.25, 0.3) is 22.6 Å². The zero-order valence-corrected chi connectivity index (χ0v) is 15.8. The second kappa shape index (κ2) is 7.23. The van der Waals surface area contributed by atoms with Crippen LogP contribution in [-0.2, 0) is 9.53 Å². The molecule has 1 N–H and O–H groups in total. The van der Waals surface area contributed by atoms with Gasteiger partial charge in [-0.15, -0.1) is 0 Å². The quantitative estimate of drug-likeness (QED) is 0.504. The molecular weight excluding hydrogens is 380 g/mol. The number of aryl methyl sites for hydroxylation is 2. The first-order valence-corrected chi connectivity index (χ1v) is 8.68. The largest absolute Gasteiger partial charge is 0.463 e. The predicted molar refractivity (Wildman–Crippen MR) is 99.0 cm³/mol. The van der Waals surface area contributed by atoms with Crippen LogP contribution < -0.4 is 5.32 Å². The van der Waals surface area contributed by atoms with E-state index in [4.69, 9.17) is 18.2 Å². The van der Waals surface area contributed by atoms with Crippen molar-refractivity contribution in [2.75, 3.05) is 5.32 Å². The molecule has 0 aliphatic rings. The Morgan fingerprint density at radius 2 is 2.00 bits per heavy atom. The minimum atomic E-state index is -1.09. The third-order valence-corrected chi connectivity index (χ3v) is 4.14. The molecule has 0 aliphatic carbocycles. The van der Waals surface area contributed by atoms with Crippen LogP contribution in [-0.4, -0.2) is 33.3 Å². The summed E-state index contributed by atoms with van der Waals surface area (Å²) in [6.45, 7) is 4.84. The van der Waals surface area contributed by atoms with Crippen molar-refractivity contribution < 1.29 is 27.8 Å². The molecule has 1 atom stereocenters. The van der Waals surface area contributed by atoms with Crippen molar-refractivity contribution in [3.63, 3.8) is 0 Å². The number of nitrogens with one attached hydrogen (secondary N) is 1. The summed E-state index contributed by atoms with van der Waals surface area (Å²) in [4.78, 5) is 29.4. The highest BCUT2D eigenvalue weighted by Crippen LogP contribution is 2.28. The second-order valence-corrected chi connectivity index (χ2v) is 6.35. The van der Waals surface area contributed by atoms with Gasteiger partial charge in [0.1, 0.15) is 5.69 Å². The summed E-state index contributed by atoms with van der Waals surface area (Å²) in [5.74, 6) is -0.681. The van der Waals surface area contributed by atoms with Crippen LogP contribution in [0.1, 0.15) is 28.7 Å². The van der Waals surface area contributed by atoms with Gasteiger partial charge in [-0.1, -0.05) is 10.3 Å². The lowest BCUT2D eigenvalue weighted by Crippen LogP contribution is -2.30. The van der Waals surface area contributed by atoms with E-state index in [2.05, 4.69) is 20.6 Å². The Labute approximate surface area is 163 Å². The van der Waals surface area contributed by atoms with Crippen molar-refractivity contribution in [1.82, 2.24) is 15.3 Å². The van der Waals surface area contributed by atoms with E-state index < -0.39 is 18.0 Å². The Hall–Kier alpha value is -3.95. The number of ether oxygens (including phenoxy) is 1. The van der Waals surface area contributed by atoms with Crippen molar-refractivity contribution >= 4 is 28.9 Å². The molecule has 1 unspecified atom stereocenters. The summed E-state index contributed by atoms with van der Waals surface area (Å²) < 4.78 is 20.8. The number of furan rings is 1. The molecule has 148 valence electrons. The number of esters is 1. The summed E-state index contributed by atoms with van der Waals surface area (Å²) in [6.07, 6.45) is 0.394. The van der Waals surface area contributed by atoms with Gasteiger partial charge in [0.05, 0.1) is 28.6 Å². The fourth-order valence-corrected chi connectivity index (χ4v) is 2.73. The first kappa shape index (κ1) is 18.4. The molecule has 4 heterocycles. The van der Waals surface area contributed by atoms with Gasteiger partial charge in [-0.05, 0) is 39.0 Å². The Morgan fingerprint density at radius 3 is 2.69 bits per heavy atom. The Bertz CT molecular complexity index is 1190. The van der Waals surface area contributed by atoms with Gasteiger partial charge in [0.25, 0.3) is 11.6 Å². The number of rotatable bonds is 5. The van der Waals surface area contributed by atoms with Crippen LogP contribution in [0, 0.1) is 13.8 Å². The van der Waals surface area contributed by atoms with Crippen LogP contribution in [0.4, 0.5) is 5.88 Å². The maximum Gasteiger partial charge on any atom is 0.339 e. The highest BCUT2D eigenvalue weighted by atomic mass is 16.5. The molecular formula is C19H16N4O6. The molecule has 0 spiro atoms. The monoisotopic (exact) mass is 396 g/mol. The highest BCUT2D eigenvalue weighted by molar-refractivity contribution is 6.05. The van der Waals surface area contributed by atoms with Gasteiger partial charge >= 0.3 is 5.97 Å². The number of fused-ring (bicyclic) bond motifs is 1. The summed E-state index contributed by atoms with van der Waals surface area (Å²) in [7, 11) is 0. The van der Waals surface area contributed by atoms with Crippen LogP contribution in [0.5, 0.6) is 0 Å². The van der Waals surface area contributed by atoms with Crippen LogP contribution >= 0.6 is 0 Å². The molecule has 10 heteroatoms. The SMILES string of the molecule is Cc1cc(NC(=O)C(C)OC(=O)c2cc(-c3ccco3)nc3onc(C)c23)on1. The fraction of sp³-hybridized carbons (Fsp3) is 0.211. The zero-order chi connectivity index (χ0) is 20.5. The molecule has 0 saturated heterocycles. The molecule has 0 saturated carbocycles. The number of amides is 1. The van der Waals surface area contributed by atoms with Crippen molar-refractivity contribution in [2.45, 2.75) is 26.9 Å². The van der Waals surface area contributed by atoms with E-state index in [1.807, 2.05) is 0 Å². The van der Waals surface area contributed by atoms with Gasteiger partial charge in [0.15, 0.2) is 11.9 Å². The molecule has 29 heavy (non-hydrogen) atoms. The maximum atomic E-state index is 12.8. The minimum Gasteiger partial charge on any atom is -0.463 e. The van der Waals surface area contributed by atoms with E-state index in [0.29, 0.717) is 28.2 Å². The molecule has 0 fully saturated rings. The van der Waals surface area contributed by atoms with Gasteiger partial charge in [0, 0.05) is 6.07 Å². The predicted octanol–water partition coefficient (Wildman–Crippen LogP) is 3.27. The lowest BCUT2D eigenvalue weighted by atomic mass is 10.1. The Morgan fingerprint density at radius 1 is 1.17 bits per heavy atom. The van der Waals surface area contributed by atoms with Crippen molar-refractivity contribution in [3.05, 3.63) is 47.5 Å². The molecule has 0 aromatic carbocycles. The molecule has 4 aromatic rings. The standard InChI is InChI=1S/C19H16N4O6/c1-9-7-15(28-22-9)21-17(24)11(3)27-19(25)12-8-13(14-5-4-6-26-14)20-18-16(12)10(2)23-29-18/h4-8,11H,1-3H3,(H,21,24). The number of aromatic nitrogens is 3. The number of hydrogen-bond acceptors (Lipinski definition) is 9. The number of carbonyl (C=O) groups is 2. The highest BCUT2D eigenvalue weighted by Gasteiger charge is 2.25. The second-order valence-electron chi connectivity index (χ2n) is 6.35. The number of hydrogen-bond donors (Lipinski definition) is 1. The first-order valence-electron chi connectivity index (χ1n) is 8.68. The molecule has 10 nitrogen and oxygen atoms in total. The van der Waals surface area contributed by atoms with E-state index in [-0.39, 0.29) is 17.2 Å². The third kappa shape index (κ3) is 3.59. The van der Waals surface area contributed by atoms with Crippen molar-refractivity contribution in [3.8, 4) is 11.5 Å². The van der Waals surface area contributed by atoms with E-state index in [9.17, 15) is 9.59 Å². The molecule has 4 rings (SSSR count). The van der Waals surface area contributed by atoms with Crippen LogP contribution in [0.15, 0.2) is 44.0 Å². The van der Waals surface area contributed by atoms with Gasteiger partial charge in [-0.25, -0.2) is 9.78 Å². The minimum absolute atomic E-state index is 0.162. The van der Waals surface area contributed by atoms with Gasteiger partial charge in [0.2, 0.25) is 5.88 Å². The fourth-order valence-electron chi connectivity index (χ4n) is 2.73. The Kier molecular flexibility index (Phi) is 4.59. The van der Waals surface area contributed by atoms with E-state index >= 15 is 0 Å². The lowest BCUT2D eigenvalue weighted by molar-refractivity contribution is -0.123. The topological polar surface area (TPSA) is 133 Å². The molecule has 4 aromatic heterocycles. The average molecular weight is 396 g/mol. The van der Waals surface area contributed by atoms with E-state index in [0.717, 1.165) is 0 Å². The number of pyridine rings is 1. The lowest BCUT2D eigenvalue weighted by Gasteiger charge is -2.13. The van der Waals surface area contributed by atoms with E-state index in [1.165, 1.54) is 19.3 Å². The van der Waals surface area contributed by atoms with Crippen LogP contribution in [0.2, 0.25) is 0 Å². The molecule has 0 aliphatic heterocycles. The third-order valence-electron chi connectivity index (χ3n) is 4.14. The molecule has 0 radical (unpaired) electrons. The van der Waals surface area contributed by atoms with Gasteiger partial charge in [-0.3, -0.25) is 10.1 Å². The van der Waals surface area contributed by atoms with Crippen molar-refractivity contribution in [2.24, 2.45) is 0 Å².